The molecule has 1 amide bonds. The Morgan fingerprint density at radius 3 is 2.55 bits per heavy atom. The van der Waals surface area contributed by atoms with Crippen molar-refractivity contribution in [1.82, 2.24) is 10.5 Å². The zero-order valence-corrected chi connectivity index (χ0v) is 12.8. The SMILES string of the molecule is CC(C)c1cc(C(=O)NC(C(=O)O)c2ccccc2Cl)no1. The summed E-state index contributed by atoms with van der Waals surface area (Å²) in [7, 11) is 0. The van der Waals surface area contributed by atoms with Crippen molar-refractivity contribution < 1.29 is 19.2 Å². The van der Waals surface area contributed by atoms with Crippen molar-refractivity contribution in [3.63, 3.8) is 0 Å². The van der Waals surface area contributed by atoms with E-state index >= 15 is 0 Å². The van der Waals surface area contributed by atoms with Gasteiger partial charge in [0.2, 0.25) is 0 Å². The molecule has 1 unspecified atom stereocenters. The summed E-state index contributed by atoms with van der Waals surface area (Å²) in [5.41, 5.74) is 0.333. The molecule has 2 aromatic rings. The highest BCUT2D eigenvalue weighted by Crippen LogP contribution is 2.23. The van der Waals surface area contributed by atoms with E-state index in [0.717, 1.165) is 0 Å². The van der Waals surface area contributed by atoms with Gasteiger partial charge < -0.3 is 14.9 Å². The van der Waals surface area contributed by atoms with Crippen LogP contribution in [0.3, 0.4) is 0 Å². The molecule has 2 rings (SSSR count). The van der Waals surface area contributed by atoms with Crippen molar-refractivity contribution in [2.24, 2.45) is 0 Å². The summed E-state index contributed by atoms with van der Waals surface area (Å²) >= 11 is 5.99. The van der Waals surface area contributed by atoms with Crippen LogP contribution in [0.25, 0.3) is 0 Å². The molecule has 0 aliphatic carbocycles. The molecule has 0 saturated carbocycles. The predicted molar refractivity (Wildman–Crippen MR) is 79.9 cm³/mol. The van der Waals surface area contributed by atoms with Gasteiger partial charge in [-0.2, -0.15) is 0 Å². The normalized spacial score (nSPS) is 12.2. The van der Waals surface area contributed by atoms with Crippen LogP contribution in [-0.2, 0) is 4.79 Å². The summed E-state index contributed by atoms with van der Waals surface area (Å²) in [6.45, 7) is 3.79. The highest BCUT2D eigenvalue weighted by Gasteiger charge is 2.26. The van der Waals surface area contributed by atoms with Crippen LogP contribution in [-0.4, -0.2) is 22.1 Å². The van der Waals surface area contributed by atoms with E-state index in [1.54, 1.807) is 24.3 Å². The maximum Gasteiger partial charge on any atom is 0.330 e. The maximum absolute atomic E-state index is 12.1. The number of benzene rings is 1. The van der Waals surface area contributed by atoms with Gasteiger partial charge in [-0.1, -0.05) is 48.8 Å². The Balaban J connectivity index is 2.23. The minimum atomic E-state index is -1.26. The zero-order chi connectivity index (χ0) is 16.3. The Labute approximate surface area is 132 Å². The highest BCUT2D eigenvalue weighted by molar-refractivity contribution is 6.31. The van der Waals surface area contributed by atoms with Crippen molar-refractivity contribution in [2.45, 2.75) is 25.8 Å². The van der Waals surface area contributed by atoms with Gasteiger partial charge in [0.15, 0.2) is 11.7 Å². The second-order valence-electron chi connectivity index (χ2n) is 5.04. The lowest BCUT2D eigenvalue weighted by Crippen LogP contribution is -2.34. The number of hydrogen-bond acceptors (Lipinski definition) is 4. The number of amides is 1. The molecule has 1 aromatic carbocycles. The molecule has 0 saturated heterocycles. The molecule has 116 valence electrons. The third-order valence-electron chi connectivity index (χ3n) is 3.07. The third kappa shape index (κ3) is 3.46. The van der Waals surface area contributed by atoms with E-state index in [0.29, 0.717) is 11.3 Å². The van der Waals surface area contributed by atoms with Crippen molar-refractivity contribution >= 4 is 23.5 Å². The number of halogens is 1. The van der Waals surface area contributed by atoms with E-state index in [4.69, 9.17) is 16.1 Å². The average molecular weight is 323 g/mol. The number of carbonyl (C=O) groups is 2. The fourth-order valence-corrected chi connectivity index (χ4v) is 2.10. The monoisotopic (exact) mass is 322 g/mol. The molecule has 22 heavy (non-hydrogen) atoms. The first-order chi connectivity index (χ1) is 10.4. The lowest BCUT2D eigenvalue weighted by Gasteiger charge is -2.15. The van der Waals surface area contributed by atoms with Gasteiger partial charge in [0.1, 0.15) is 5.76 Å². The number of rotatable bonds is 5. The summed E-state index contributed by atoms with van der Waals surface area (Å²) in [6.07, 6.45) is 0. The number of carbonyl (C=O) groups excluding carboxylic acids is 1. The first kappa shape index (κ1) is 16.0. The minimum Gasteiger partial charge on any atom is -0.479 e. The number of carboxylic acids is 1. The number of nitrogens with one attached hydrogen (secondary N) is 1. The van der Waals surface area contributed by atoms with Crippen LogP contribution >= 0.6 is 11.6 Å². The molecule has 0 spiro atoms. The van der Waals surface area contributed by atoms with E-state index in [9.17, 15) is 14.7 Å². The summed E-state index contributed by atoms with van der Waals surface area (Å²) in [5, 5.41) is 15.6. The van der Waals surface area contributed by atoms with Gasteiger partial charge in [0.05, 0.1) is 0 Å². The second kappa shape index (κ2) is 6.62. The number of aromatic nitrogens is 1. The van der Waals surface area contributed by atoms with Crippen LogP contribution in [0.1, 0.15) is 47.6 Å². The summed E-state index contributed by atoms with van der Waals surface area (Å²) < 4.78 is 5.03. The van der Waals surface area contributed by atoms with Crippen molar-refractivity contribution in [3.8, 4) is 0 Å². The Kier molecular flexibility index (Phi) is 4.82. The molecule has 6 nitrogen and oxygen atoms in total. The van der Waals surface area contributed by atoms with Gasteiger partial charge in [0, 0.05) is 22.6 Å². The Morgan fingerprint density at radius 1 is 1.32 bits per heavy atom. The quantitative estimate of drug-likeness (QED) is 0.882. The number of nitrogens with zero attached hydrogens (tertiary/aromatic N) is 1. The van der Waals surface area contributed by atoms with Crippen LogP contribution in [0, 0.1) is 0 Å². The summed E-state index contributed by atoms with van der Waals surface area (Å²) in [5.74, 6) is -1.22. The largest absolute Gasteiger partial charge is 0.479 e. The van der Waals surface area contributed by atoms with Gasteiger partial charge >= 0.3 is 5.97 Å². The van der Waals surface area contributed by atoms with E-state index in [2.05, 4.69) is 10.5 Å². The van der Waals surface area contributed by atoms with E-state index in [-0.39, 0.29) is 16.6 Å². The van der Waals surface area contributed by atoms with Crippen LogP contribution in [0.2, 0.25) is 5.02 Å². The molecule has 0 aliphatic rings. The molecule has 0 bridgehead atoms. The van der Waals surface area contributed by atoms with Gasteiger partial charge in [-0.3, -0.25) is 4.79 Å². The Bertz CT molecular complexity index is 696. The number of hydrogen-bond donors (Lipinski definition) is 2. The number of carboxylic acid groups (broad SMARTS) is 1. The van der Waals surface area contributed by atoms with Crippen LogP contribution in [0.5, 0.6) is 0 Å². The van der Waals surface area contributed by atoms with Crippen LogP contribution < -0.4 is 5.32 Å². The molecule has 1 atom stereocenters. The molecule has 2 N–H and O–H groups in total. The second-order valence-corrected chi connectivity index (χ2v) is 5.44. The van der Waals surface area contributed by atoms with Gasteiger partial charge in [-0.25, -0.2) is 4.79 Å². The van der Waals surface area contributed by atoms with E-state index in [1.165, 1.54) is 6.07 Å². The van der Waals surface area contributed by atoms with Crippen molar-refractivity contribution in [2.75, 3.05) is 0 Å². The van der Waals surface area contributed by atoms with E-state index in [1.807, 2.05) is 13.8 Å². The average Bonchev–Trinajstić information content (AvgIpc) is 2.95. The Hall–Kier alpha value is -2.34. The zero-order valence-electron chi connectivity index (χ0n) is 12.0. The standard InChI is InChI=1S/C15H15ClN2O4/c1-8(2)12-7-11(18-22-12)14(19)17-13(15(20)21)9-5-3-4-6-10(9)16/h3-8,13H,1-2H3,(H,17,19)(H,20,21). The van der Waals surface area contributed by atoms with E-state index < -0.39 is 17.9 Å². The molecule has 0 fully saturated rings. The maximum atomic E-state index is 12.1. The molecule has 0 radical (unpaired) electrons. The van der Waals surface area contributed by atoms with Crippen molar-refractivity contribution in [3.05, 3.63) is 52.4 Å². The van der Waals surface area contributed by atoms with Crippen LogP contribution in [0.15, 0.2) is 34.9 Å². The highest BCUT2D eigenvalue weighted by atomic mass is 35.5. The van der Waals surface area contributed by atoms with Crippen LogP contribution in [0.4, 0.5) is 0 Å². The van der Waals surface area contributed by atoms with Crippen molar-refractivity contribution in [1.29, 1.82) is 0 Å². The summed E-state index contributed by atoms with van der Waals surface area (Å²) in [4.78, 5) is 23.6. The van der Waals surface area contributed by atoms with Gasteiger partial charge in [-0.05, 0) is 6.07 Å². The molecular formula is C15H15ClN2O4. The smallest absolute Gasteiger partial charge is 0.330 e. The van der Waals surface area contributed by atoms with Gasteiger partial charge in [0.25, 0.3) is 5.91 Å². The summed E-state index contributed by atoms with van der Waals surface area (Å²) in [6, 6.07) is 6.66. The molecule has 0 aliphatic heterocycles. The lowest BCUT2D eigenvalue weighted by atomic mass is 10.1. The lowest BCUT2D eigenvalue weighted by molar-refractivity contribution is -0.139. The van der Waals surface area contributed by atoms with Gasteiger partial charge in [-0.15, -0.1) is 0 Å². The predicted octanol–water partition coefficient (Wildman–Crippen LogP) is 3.01. The first-order valence-corrected chi connectivity index (χ1v) is 7.02. The number of aliphatic carboxylic acids is 1. The minimum absolute atomic E-state index is 0.0296. The topological polar surface area (TPSA) is 92.4 Å². The first-order valence-electron chi connectivity index (χ1n) is 6.65. The molecule has 1 heterocycles. The Morgan fingerprint density at radius 2 is 2.00 bits per heavy atom. The molecule has 7 heteroatoms. The fraction of sp³-hybridized carbons (Fsp3) is 0.267. The third-order valence-corrected chi connectivity index (χ3v) is 3.41. The molecular weight excluding hydrogens is 308 g/mol. The fourth-order valence-electron chi connectivity index (χ4n) is 1.86. The molecule has 1 aromatic heterocycles.